The molecule has 8 heteroatoms. The van der Waals surface area contributed by atoms with E-state index in [0.29, 0.717) is 30.6 Å². The van der Waals surface area contributed by atoms with Crippen LogP contribution in [0, 0.1) is 5.82 Å². The molecule has 3 aromatic rings. The number of nitrogens with one attached hydrogen (secondary N) is 2. The molecule has 1 aromatic heterocycles. The van der Waals surface area contributed by atoms with Crippen molar-refractivity contribution >= 4 is 23.2 Å². The van der Waals surface area contributed by atoms with Gasteiger partial charge in [0.15, 0.2) is 0 Å². The summed E-state index contributed by atoms with van der Waals surface area (Å²) in [4.78, 5) is 34.5. The summed E-state index contributed by atoms with van der Waals surface area (Å²) < 4.78 is 13.3. The molecular weight excluding hydrogens is 447 g/mol. The molecule has 2 amide bonds. The van der Waals surface area contributed by atoms with Crippen LogP contribution in [0.4, 0.5) is 4.39 Å². The van der Waals surface area contributed by atoms with Gasteiger partial charge in [0.05, 0.1) is 12.1 Å². The van der Waals surface area contributed by atoms with Crippen molar-refractivity contribution in [3.8, 4) is 0 Å². The van der Waals surface area contributed by atoms with E-state index in [1.54, 1.807) is 12.1 Å². The Morgan fingerprint density at radius 2 is 1.80 bits per heavy atom. The van der Waals surface area contributed by atoms with Gasteiger partial charge in [-0.1, -0.05) is 24.3 Å². The fourth-order valence-electron chi connectivity index (χ4n) is 3.78. The summed E-state index contributed by atoms with van der Waals surface area (Å²) >= 11 is 0. The average molecular weight is 483 g/mol. The van der Waals surface area contributed by atoms with Crippen LogP contribution >= 0.6 is 0 Å². The highest BCUT2D eigenvalue weighted by atomic mass is 19.1. The number of amides is 2. The van der Waals surface area contributed by atoms with Gasteiger partial charge >= 0.3 is 0 Å². The summed E-state index contributed by atoms with van der Waals surface area (Å²) in [5, 5.41) is 4.91. The van der Waals surface area contributed by atoms with Gasteiger partial charge in [0, 0.05) is 24.0 Å². The molecule has 0 bridgehead atoms. The second kappa shape index (κ2) is 12.0. The molecule has 0 aliphatic heterocycles. The Bertz CT molecular complexity index is 1120. The number of halogens is 1. The molecule has 0 fully saturated rings. The lowest BCUT2D eigenvalue weighted by Crippen LogP contribution is -2.33. The maximum Gasteiger partial charge on any atom is 0.267 e. The lowest BCUT2D eigenvalue weighted by molar-refractivity contribution is -0.220. The number of carbonyl (C=O) groups is 2. The number of hydrogen-bond acceptors (Lipinski definition) is 4. The van der Waals surface area contributed by atoms with Crippen molar-refractivity contribution < 1.29 is 18.8 Å². The number of H-pyrrole nitrogens is 1. The Hall–Kier alpha value is -3.23. The molecule has 2 N–H and O–H groups in total. The normalized spacial score (nSPS) is 11.7. The van der Waals surface area contributed by atoms with Gasteiger partial charge in [-0.3, -0.25) is 14.4 Å². The average Bonchev–Trinajstić information content (AvgIpc) is 3.22. The second-order valence-electron chi connectivity index (χ2n) is 9.78. The predicted molar refractivity (Wildman–Crippen MR) is 135 cm³/mol. The number of aryl methyl sites for hydroxylation is 1. The molecular formula is C27H35FN4O3. The van der Waals surface area contributed by atoms with E-state index < -0.39 is 5.60 Å². The summed E-state index contributed by atoms with van der Waals surface area (Å²) in [6, 6.07) is 14.3. The van der Waals surface area contributed by atoms with Crippen LogP contribution in [-0.2, 0) is 22.6 Å². The first-order valence-corrected chi connectivity index (χ1v) is 11.9. The summed E-state index contributed by atoms with van der Waals surface area (Å²) in [6.45, 7) is 8.29. The third-order valence-corrected chi connectivity index (χ3v) is 5.48. The maximum atomic E-state index is 13.3. The smallest absolute Gasteiger partial charge is 0.267 e. The number of hydrogen-bond donors (Lipinski definition) is 2. The highest BCUT2D eigenvalue weighted by Crippen LogP contribution is 2.17. The molecule has 0 aliphatic carbocycles. The lowest BCUT2D eigenvalue weighted by atomic mass is 10.1. The van der Waals surface area contributed by atoms with E-state index in [4.69, 9.17) is 4.84 Å². The first-order chi connectivity index (χ1) is 16.6. The number of aromatic nitrogens is 1. The van der Waals surface area contributed by atoms with Crippen molar-refractivity contribution in [2.24, 2.45) is 0 Å². The van der Waals surface area contributed by atoms with Crippen molar-refractivity contribution in [2.75, 3.05) is 26.7 Å². The molecule has 0 radical (unpaired) electrons. The van der Waals surface area contributed by atoms with Crippen LogP contribution in [0.3, 0.4) is 0 Å². The molecule has 1 heterocycles. The van der Waals surface area contributed by atoms with Gasteiger partial charge in [0.25, 0.3) is 5.91 Å². The summed E-state index contributed by atoms with van der Waals surface area (Å²) in [5.74, 6) is -0.521. The minimum Gasteiger partial charge on any atom is -0.351 e. The molecule has 7 nitrogen and oxygen atoms in total. The number of carbonyl (C=O) groups excluding carboxylic acids is 2. The van der Waals surface area contributed by atoms with Gasteiger partial charge in [0.2, 0.25) is 6.41 Å². The standard InChI is InChI=1S/C27H35FN4O3/c1-27(2,3)35-32(19-33)18-21-9-7-20(8-10-21)6-5-14-31(4)15-13-29-26(34)25-17-22-16-23(28)11-12-24(22)30-25/h7-12,16-17,19,30H,5-6,13-15,18H2,1-4H3,(H,29,34). The third kappa shape index (κ3) is 8.49. The number of aromatic amines is 1. The molecule has 3 rings (SSSR count). The van der Waals surface area contributed by atoms with E-state index in [2.05, 4.69) is 27.3 Å². The third-order valence-electron chi connectivity index (χ3n) is 5.48. The van der Waals surface area contributed by atoms with Crippen LogP contribution in [-0.4, -0.2) is 59.5 Å². The summed E-state index contributed by atoms with van der Waals surface area (Å²) in [7, 11) is 2.03. The number of hydroxylamine groups is 2. The van der Waals surface area contributed by atoms with Crippen LogP contribution in [0.15, 0.2) is 48.5 Å². The summed E-state index contributed by atoms with van der Waals surface area (Å²) in [6.07, 6.45) is 2.64. The first kappa shape index (κ1) is 26.4. The maximum absolute atomic E-state index is 13.3. The molecule has 0 atom stereocenters. The van der Waals surface area contributed by atoms with Crippen LogP contribution in [0.2, 0.25) is 0 Å². The molecule has 188 valence electrons. The van der Waals surface area contributed by atoms with E-state index >= 15 is 0 Å². The Morgan fingerprint density at radius 1 is 1.09 bits per heavy atom. The molecule has 2 aromatic carbocycles. The molecule has 0 saturated carbocycles. The molecule has 0 unspecified atom stereocenters. The molecule has 0 saturated heterocycles. The number of fused-ring (bicyclic) bond motifs is 1. The SMILES string of the molecule is CN(CCCc1ccc(CN(C=O)OC(C)(C)C)cc1)CCNC(=O)c1cc2cc(F)ccc2[nH]1. The first-order valence-electron chi connectivity index (χ1n) is 11.9. The second-order valence-corrected chi connectivity index (χ2v) is 9.78. The fourth-order valence-corrected chi connectivity index (χ4v) is 3.78. The minimum atomic E-state index is -0.424. The highest BCUT2D eigenvalue weighted by molar-refractivity contribution is 5.97. The number of likely N-dealkylation sites (N-methyl/N-ethyl adjacent to an activating group) is 1. The van der Waals surface area contributed by atoms with Gasteiger partial charge in [-0.25, -0.2) is 9.45 Å². The summed E-state index contributed by atoms with van der Waals surface area (Å²) in [5.41, 5.74) is 2.99. The topological polar surface area (TPSA) is 77.7 Å². The van der Waals surface area contributed by atoms with Crippen molar-refractivity contribution in [2.45, 2.75) is 45.8 Å². The van der Waals surface area contributed by atoms with Crippen LogP contribution < -0.4 is 5.32 Å². The molecule has 35 heavy (non-hydrogen) atoms. The van der Waals surface area contributed by atoms with Gasteiger partial charge in [-0.15, -0.1) is 0 Å². The van der Waals surface area contributed by atoms with E-state index in [9.17, 15) is 14.0 Å². The van der Waals surface area contributed by atoms with Gasteiger partial charge in [-0.2, -0.15) is 0 Å². The molecule has 0 spiro atoms. The van der Waals surface area contributed by atoms with Crippen molar-refractivity contribution in [3.63, 3.8) is 0 Å². The zero-order valence-corrected chi connectivity index (χ0v) is 20.9. The fraction of sp³-hybridized carbons (Fsp3) is 0.407. The van der Waals surface area contributed by atoms with E-state index in [1.165, 1.54) is 22.8 Å². The van der Waals surface area contributed by atoms with E-state index in [-0.39, 0.29) is 11.7 Å². The highest BCUT2D eigenvalue weighted by Gasteiger charge is 2.16. The van der Waals surface area contributed by atoms with Crippen molar-refractivity contribution in [1.82, 2.24) is 20.3 Å². The quantitative estimate of drug-likeness (QED) is 0.298. The molecule has 0 aliphatic rings. The monoisotopic (exact) mass is 482 g/mol. The van der Waals surface area contributed by atoms with Crippen molar-refractivity contribution in [3.05, 3.63) is 71.2 Å². The predicted octanol–water partition coefficient (Wildman–Crippen LogP) is 4.29. The zero-order valence-electron chi connectivity index (χ0n) is 20.9. The number of nitrogens with zero attached hydrogens (tertiary/aromatic N) is 2. The Morgan fingerprint density at radius 3 is 2.49 bits per heavy atom. The van der Waals surface area contributed by atoms with E-state index in [0.717, 1.165) is 37.0 Å². The van der Waals surface area contributed by atoms with Crippen LogP contribution in [0.1, 0.15) is 48.8 Å². The zero-order chi connectivity index (χ0) is 25.4. The van der Waals surface area contributed by atoms with Crippen LogP contribution in [0.5, 0.6) is 0 Å². The Balaban J connectivity index is 1.35. The Labute approximate surface area is 206 Å². The Kier molecular flexibility index (Phi) is 9.01. The van der Waals surface area contributed by atoms with Gasteiger partial charge in [-0.05, 0) is 82.6 Å². The largest absolute Gasteiger partial charge is 0.351 e. The number of rotatable bonds is 12. The minimum absolute atomic E-state index is 0.198. The van der Waals surface area contributed by atoms with E-state index in [1.807, 2.05) is 40.0 Å². The number of benzene rings is 2. The van der Waals surface area contributed by atoms with Gasteiger partial charge < -0.3 is 15.2 Å². The van der Waals surface area contributed by atoms with Crippen molar-refractivity contribution in [1.29, 1.82) is 0 Å². The lowest BCUT2D eigenvalue weighted by Gasteiger charge is -2.26. The van der Waals surface area contributed by atoms with Crippen LogP contribution in [0.25, 0.3) is 10.9 Å². The van der Waals surface area contributed by atoms with Gasteiger partial charge in [0.1, 0.15) is 11.5 Å².